The molecule has 0 unspecified atom stereocenters. The van der Waals surface area contributed by atoms with Crippen LogP contribution in [-0.4, -0.2) is 0 Å². The lowest BCUT2D eigenvalue weighted by Crippen LogP contribution is -2.11. The highest BCUT2D eigenvalue weighted by molar-refractivity contribution is 14.1. The van der Waals surface area contributed by atoms with Crippen LogP contribution >= 0.6 is 45.2 Å². The third kappa shape index (κ3) is 2.55. The Morgan fingerprint density at radius 1 is 1.06 bits per heavy atom. The second kappa shape index (κ2) is 6.26. The SMILES string of the molecule is N#CCC1C(I)=C(F)C(=C(C#N)C#N)C(F)=C1I. The molecule has 0 spiro atoms. The smallest absolute Gasteiger partial charge is 0.145 e. The maximum absolute atomic E-state index is 14.0. The maximum atomic E-state index is 14.0. The largest absolute Gasteiger partial charge is 0.205 e. The lowest BCUT2D eigenvalue weighted by molar-refractivity contribution is 0.563. The minimum Gasteiger partial charge on any atom is -0.205 e. The van der Waals surface area contributed by atoms with E-state index in [2.05, 4.69) is 0 Å². The van der Waals surface area contributed by atoms with Gasteiger partial charge in [-0.1, -0.05) is 0 Å². The van der Waals surface area contributed by atoms with Gasteiger partial charge in [-0.2, -0.15) is 15.8 Å². The van der Waals surface area contributed by atoms with Gasteiger partial charge in [-0.25, -0.2) is 8.78 Å². The summed E-state index contributed by atoms with van der Waals surface area (Å²) in [7, 11) is 0. The molecule has 0 saturated carbocycles. The second-order valence-corrected chi connectivity index (χ2v) is 5.54. The molecule has 0 aromatic carbocycles. The number of nitriles is 3. The van der Waals surface area contributed by atoms with Crippen molar-refractivity contribution in [1.29, 1.82) is 15.8 Å². The van der Waals surface area contributed by atoms with Crippen molar-refractivity contribution in [2.24, 2.45) is 5.92 Å². The minimum absolute atomic E-state index is 0.0564. The van der Waals surface area contributed by atoms with Crippen molar-refractivity contribution in [2.45, 2.75) is 6.42 Å². The summed E-state index contributed by atoms with van der Waals surface area (Å²) in [6, 6.07) is 4.79. The normalized spacial score (nSPS) is 19.2. The van der Waals surface area contributed by atoms with Crippen LogP contribution in [-0.2, 0) is 0 Å². The van der Waals surface area contributed by atoms with Crippen molar-refractivity contribution in [3.63, 3.8) is 0 Å². The van der Waals surface area contributed by atoms with E-state index in [0.29, 0.717) is 0 Å². The molecular weight excluding hydrogens is 466 g/mol. The standard InChI is InChI=1S/C11H3F2I2N3/c12-8-7(5(3-17)4-18)9(13)11(15)6(1-2-16)10(8)14/h6H,1H2. The fourth-order valence-corrected chi connectivity index (χ4v) is 3.58. The summed E-state index contributed by atoms with van der Waals surface area (Å²) in [4.78, 5) is 0. The molecule has 0 aromatic heterocycles. The molecule has 0 N–H and O–H groups in total. The molecule has 18 heavy (non-hydrogen) atoms. The summed E-state index contributed by atoms with van der Waals surface area (Å²) in [5.41, 5.74) is -1.22. The number of allylic oxidation sites excluding steroid dienone is 6. The van der Waals surface area contributed by atoms with Gasteiger partial charge in [-0.3, -0.25) is 0 Å². The fraction of sp³-hybridized carbons (Fsp3) is 0.182. The number of rotatable bonds is 1. The molecule has 0 bridgehead atoms. The molecule has 0 aromatic rings. The van der Waals surface area contributed by atoms with E-state index in [9.17, 15) is 8.78 Å². The highest BCUT2D eigenvalue weighted by Crippen LogP contribution is 2.47. The molecule has 7 heteroatoms. The van der Waals surface area contributed by atoms with E-state index in [0.717, 1.165) is 0 Å². The predicted octanol–water partition coefficient (Wildman–Crippen LogP) is 4.11. The van der Waals surface area contributed by atoms with Gasteiger partial charge >= 0.3 is 0 Å². The first-order valence-corrected chi connectivity index (χ1v) is 6.67. The first-order chi connectivity index (χ1) is 8.49. The van der Waals surface area contributed by atoms with E-state index in [1.165, 1.54) is 12.1 Å². The Kier molecular flexibility index (Phi) is 5.24. The number of halogens is 4. The van der Waals surface area contributed by atoms with Gasteiger partial charge in [0.2, 0.25) is 0 Å². The van der Waals surface area contributed by atoms with Crippen LogP contribution in [0.1, 0.15) is 6.42 Å². The van der Waals surface area contributed by atoms with E-state index >= 15 is 0 Å². The zero-order chi connectivity index (χ0) is 13.9. The molecular formula is C11H3F2I2N3. The Bertz CT molecular complexity index is 568. The summed E-state index contributed by atoms with van der Waals surface area (Å²) in [5.74, 6) is -2.54. The maximum Gasteiger partial charge on any atom is 0.145 e. The quantitative estimate of drug-likeness (QED) is 0.429. The molecule has 0 heterocycles. The molecule has 0 aliphatic heterocycles. The Balaban J connectivity index is 3.57. The molecule has 0 amide bonds. The van der Waals surface area contributed by atoms with Gasteiger partial charge in [-0.05, 0) is 45.2 Å². The third-order valence-corrected chi connectivity index (χ3v) is 4.69. The number of nitrogens with zero attached hydrogens (tertiary/aromatic N) is 3. The molecule has 1 rings (SSSR count). The molecule has 0 saturated heterocycles. The van der Waals surface area contributed by atoms with Crippen LogP contribution in [0, 0.1) is 39.9 Å². The first kappa shape index (κ1) is 15.1. The van der Waals surface area contributed by atoms with Gasteiger partial charge in [0.15, 0.2) is 0 Å². The molecule has 0 radical (unpaired) electrons. The van der Waals surface area contributed by atoms with Crippen molar-refractivity contribution < 1.29 is 8.78 Å². The molecule has 0 fully saturated rings. The third-order valence-electron chi connectivity index (χ3n) is 2.24. The molecule has 90 valence electrons. The van der Waals surface area contributed by atoms with E-state index in [1.54, 1.807) is 45.2 Å². The first-order valence-electron chi connectivity index (χ1n) is 4.52. The van der Waals surface area contributed by atoms with Crippen LogP contribution in [0.4, 0.5) is 8.78 Å². The lowest BCUT2D eigenvalue weighted by Gasteiger charge is -2.21. The van der Waals surface area contributed by atoms with Gasteiger partial charge in [0.05, 0.1) is 11.6 Å². The van der Waals surface area contributed by atoms with Crippen molar-refractivity contribution >= 4 is 45.2 Å². The Morgan fingerprint density at radius 3 is 1.83 bits per heavy atom. The van der Waals surface area contributed by atoms with Crippen LogP contribution in [0.2, 0.25) is 0 Å². The highest BCUT2D eigenvalue weighted by Gasteiger charge is 2.34. The van der Waals surface area contributed by atoms with Crippen molar-refractivity contribution in [3.05, 3.63) is 30.0 Å². The van der Waals surface area contributed by atoms with E-state index < -0.39 is 28.7 Å². The minimum atomic E-state index is -0.938. The van der Waals surface area contributed by atoms with Crippen molar-refractivity contribution in [1.82, 2.24) is 0 Å². The summed E-state index contributed by atoms with van der Waals surface area (Å²) in [5, 5.41) is 26.0. The van der Waals surface area contributed by atoms with Crippen LogP contribution in [0.3, 0.4) is 0 Å². The number of hydrogen-bond acceptors (Lipinski definition) is 3. The monoisotopic (exact) mass is 469 g/mol. The Labute approximate surface area is 129 Å². The van der Waals surface area contributed by atoms with Crippen molar-refractivity contribution in [3.8, 4) is 18.2 Å². The molecule has 0 atom stereocenters. The van der Waals surface area contributed by atoms with Gasteiger partial charge in [-0.15, -0.1) is 0 Å². The zero-order valence-corrected chi connectivity index (χ0v) is 13.0. The van der Waals surface area contributed by atoms with Gasteiger partial charge in [0.25, 0.3) is 0 Å². The highest BCUT2D eigenvalue weighted by atomic mass is 127. The Hall–Kier alpha value is -0.990. The van der Waals surface area contributed by atoms with Crippen LogP contribution < -0.4 is 0 Å². The topological polar surface area (TPSA) is 71.4 Å². The van der Waals surface area contributed by atoms with Crippen LogP contribution in [0.15, 0.2) is 30.0 Å². The average Bonchev–Trinajstić information content (AvgIpc) is 2.37. The fourth-order valence-electron chi connectivity index (χ4n) is 1.38. The lowest BCUT2D eigenvalue weighted by atomic mass is 9.93. The predicted molar refractivity (Wildman–Crippen MR) is 76.3 cm³/mol. The van der Waals surface area contributed by atoms with Crippen LogP contribution in [0.25, 0.3) is 0 Å². The summed E-state index contributed by atoms with van der Waals surface area (Å²) in [6.45, 7) is 0. The average molecular weight is 469 g/mol. The van der Waals surface area contributed by atoms with E-state index in [1.807, 2.05) is 6.07 Å². The molecule has 1 aliphatic carbocycles. The summed E-state index contributed by atoms with van der Waals surface area (Å²) >= 11 is 3.34. The van der Waals surface area contributed by atoms with E-state index in [-0.39, 0.29) is 13.6 Å². The van der Waals surface area contributed by atoms with Crippen LogP contribution in [0.5, 0.6) is 0 Å². The second-order valence-electron chi connectivity index (χ2n) is 3.21. The van der Waals surface area contributed by atoms with Gasteiger partial charge in [0.1, 0.15) is 29.4 Å². The zero-order valence-electron chi connectivity index (χ0n) is 8.64. The summed E-state index contributed by atoms with van der Waals surface area (Å²) < 4.78 is 28.2. The van der Waals surface area contributed by atoms with Gasteiger partial charge < -0.3 is 0 Å². The van der Waals surface area contributed by atoms with Crippen molar-refractivity contribution in [2.75, 3.05) is 0 Å². The van der Waals surface area contributed by atoms with E-state index in [4.69, 9.17) is 15.8 Å². The number of hydrogen-bond donors (Lipinski definition) is 0. The molecule has 1 aliphatic rings. The molecule has 3 nitrogen and oxygen atoms in total. The van der Waals surface area contributed by atoms with Gasteiger partial charge in [0, 0.05) is 19.5 Å². The Morgan fingerprint density at radius 2 is 1.50 bits per heavy atom. The summed E-state index contributed by atoms with van der Waals surface area (Å²) in [6.07, 6.45) is -0.0564.